The van der Waals surface area contributed by atoms with Crippen LogP contribution in [0.15, 0.2) is 24.4 Å². The summed E-state index contributed by atoms with van der Waals surface area (Å²) in [6.45, 7) is 6.66. The summed E-state index contributed by atoms with van der Waals surface area (Å²) < 4.78 is 1.74. The fourth-order valence-electron chi connectivity index (χ4n) is 3.25. The maximum absolute atomic E-state index is 12.9. The first-order chi connectivity index (χ1) is 11.7. The minimum absolute atomic E-state index is 0.0884. The molecule has 0 aliphatic carbocycles. The van der Waals surface area contributed by atoms with Crippen LogP contribution >= 0.6 is 0 Å². The molecule has 0 aromatic carbocycles. The molecule has 2 aromatic heterocycles. The predicted octanol–water partition coefficient (Wildman–Crippen LogP) is 2.44. The van der Waals surface area contributed by atoms with Crippen molar-refractivity contribution in [2.45, 2.75) is 33.1 Å². The topological polar surface area (TPSA) is 57.9 Å². The first-order valence-electron chi connectivity index (χ1n) is 8.73. The maximum Gasteiger partial charge on any atom is 0.290 e. The second-order valence-electron chi connectivity index (χ2n) is 6.07. The van der Waals surface area contributed by atoms with Gasteiger partial charge in [0, 0.05) is 32.4 Å². The fourth-order valence-corrected chi connectivity index (χ4v) is 3.25. The van der Waals surface area contributed by atoms with Crippen LogP contribution < -0.4 is 0 Å². The zero-order valence-corrected chi connectivity index (χ0v) is 14.4. The lowest BCUT2D eigenvalue weighted by molar-refractivity contribution is 0.0711. The molecule has 3 heterocycles. The summed E-state index contributed by atoms with van der Waals surface area (Å²) in [5.74, 6) is 0.124. The third-order valence-electron chi connectivity index (χ3n) is 4.64. The van der Waals surface area contributed by atoms with Crippen LogP contribution in [0.5, 0.6) is 0 Å². The number of hydrogen-bond acceptors (Lipinski definition) is 3. The van der Waals surface area contributed by atoms with Crippen molar-refractivity contribution in [2.75, 3.05) is 26.2 Å². The average molecular weight is 328 g/mol. The second-order valence-corrected chi connectivity index (χ2v) is 6.07. The van der Waals surface area contributed by atoms with E-state index >= 15 is 0 Å². The van der Waals surface area contributed by atoms with Gasteiger partial charge in [-0.15, -0.1) is 0 Å². The van der Waals surface area contributed by atoms with E-state index < -0.39 is 0 Å². The van der Waals surface area contributed by atoms with Gasteiger partial charge in [0.25, 0.3) is 11.8 Å². The third-order valence-corrected chi connectivity index (χ3v) is 4.64. The normalized spacial score (nSPS) is 14.8. The number of likely N-dealkylation sites (tertiary alicyclic amines) is 1. The van der Waals surface area contributed by atoms with Crippen LogP contribution in [0.4, 0.5) is 0 Å². The van der Waals surface area contributed by atoms with E-state index in [-0.39, 0.29) is 11.8 Å². The smallest absolute Gasteiger partial charge is 0.290 e. The van der Waals surface area contributed by atoms with Crippen molar-refractivity contribution in [3.8, 4) is 0 Å². The van der Waals surface area contributed by atoms with Crippen LogP contribution in [0, 0.1) is 0 Å². The highest BCUT2D eigenvalue weighted by molar-refractivity contribution is 6.02. The standard InChI is InChI=1S/C18H24N4O2/c1-3-20(4-2)17(23)15-14-10-6-9-13-22(14)16(19-15)18(24)21-11-7-5-8-12-21/h6,9-10,13H,3-5,7-8,11-12H2,1-2H3. The maximum atomic E-state index is 12.9. The molecule has 2 aromatic rings. The van der Waals surface area contributed by atoms with E-state index in [1.54, 1.807) is 15.5 Å². The van der Waals surface area contributed by atoms with Gasteiger partial charge in [0.1, 0.15) is 0 Å². The van der Waals surface area contributed by atoms with Crippen LogP contribution in [0.1, 0.15) is 54.2 Å². The summed E-state index contributed by atoms with van der Waals surface area (Å²) in [5.41, 5.74) is 1.05. The van der Waals surface area contributed by atoms with Crippen LogP contribution in [0.3, 0.4) is 0 Å². The number of carbonyl (C=O) groups is 2. The minimum atomic E-state index is -0.124. The first-order valence-corrected chi connectivity index (χ1v) is 8.73. The molecular formula is C18H24N4O2. The average Bonchev–Trinajstić information content (AvgIpc) is 3.02. The number of amides is 2. The van der Waals surface area contributed by atoms with Crippen LogP contribution in [0.2, 0.25) is 0 Å². The quantitative estimate of drug-likeness (QED) is 0.866. The van der Waals surface area contributed by atoms with Crippen molar-refractivity contribution < 1.29 is 9.59 Å². The molecule has 6 nitrogen and oxygen atoms in total. The van der Waals surface area contributed by atoms with E-state index in [2.05, 4.69) is 4.98 Å². The van der Waals surface area contributed by atoms with E-state index in [0.29, 0.717) is 30.1 Å². The van der Waals surface area contributed by atoms with Gasteiger partial charge in [-0.05, 0) is 45.2 Å². The van der Waals surface area contributed by atoms with Gasteiger partial charge in [0.15, 0.2) is 5.69 Å². The number of rotatable bonds is 4. The second kappa shape index (κ2) is 7.03. The number of fused-ring (bicyclic) bond motifs is 1. The Morgan fingerprint density at radius 3 is 2.50 bits per heavy atom. The molecule has 1 aliphatic heterocycles. The Balaban J connectivity index is 2.03. The molecule has 0 unspecified atom stereocenters. The van der Waals surface area contributed by atoms with Crippen molar-refractivity contribution in [1.82, 2.24) is 19.2 Å². The van der Waals surface area contributed by atoms with Crippen LogP contribution in [-0.4, -0.2) is 57.2 Å². The molecular weight excluding hydrogens is 304 g/mol. The largest absolute Gasteiger partial charge is 0.338 e. The van der Waals surface area contributed by atoms with Crippen LogP contribution in [-0.2, 0) is 0 Å². The molecule has 0 saturated carbocycles. The fraction of sp³-hybridized carbons (Fsp3) is 0.500. The number of piperidine rings is 1. The van der Waals surface area contributed by atoms with E-state index in [4.69, 9.17) is 0 Å². The lowest BCUT2D eigenvalue weighted by Crippen LogP contribution is -2.36. The first kappa shape index (κ1) is 16.5. The Morgan fingerprint density at radius 1 is 1.12 bits per heavy atom. The molecule has 0 bridgehead atoms. The molecule has 24 heavy (non-hydrogen) atoms. The number of pyridine rings is 1. The van der Waals surface area contributed by atoms with Gasteiger partial charge >= 0.3 is 0 Å². The number of carbonyl (C=O) groups excluding carboxylic acids is 2. The Morgan fingerprint density at radius 2 is 1.83 bits per heavy atom. The number of aromatic nitrogens is 2. The van der Waals surface area contributed by atoms with Gasteiger partial charge in [-0.25, -0.2) is 4.98 Å². The number of nitrogens with zero attached hydrogens (tertiary/aromatic N) is 4. The molecule has 1 fully saturated rings. The lowest BCUT2D eigenvalue weighted by Gasteiger charge is -2.25. The number of hydrogen-bond donors (Lipinski definition) is 0. The van der Waals surface area contributed by atoms with Crippen molar-refractivity contribution in [3.05, 3.63) is 35.9 Å². The van der Waals surface area contributed by atoms with Gasteiger partial charge in [0.05, 0.1) is 5.52 Å². The van der Waals surface area contributed by atoms with Crippen molar-refractivity contribution in [2.24, 2.45) is 0 Å². The van der Waals surface area contributed by atoms with Gasteiger partial charge < -0.3 is 9.80 Å². The predicted molar refractivity (Wildman–Crippen MR) is 92.2 cm³/mol. The molecule has 0 atom stereocenters. The van der Waals surface area contributed by atoms with E-state index in [1.165, 1.54) is 0 Å². The monoisotopic (exact) mass is 328 g/mol. The lowest BCUT2D eigenvalue weighted by atomic mass is 10.1. The Hall–Kier alpha value is -2.37. The van der Waals surface area contributed by atoms with Gasteiger partial charge in [-0.3, -0.25) is 14.0 Å². The highest BCUT2D eigenvalue weighted by atomic mass is 16.2. The van der Waals surface area contributed by atoms with Gasteiger partial charge in [0.2, 0.25) is 5.82 Å². The zero-order chi connectivity index (χ0) is 17.1. The number of imidazole rings is 1. The molecule has 0 N–H and O–H groups in total. The summed E-state index contributed by atoms with van der Waals surface area (Å²) in [7, 11) is 0. The summed E-state index contributed by atoms with van der Waals surface area (Å²) in [6.07, 6.45) is 5.02. The highest BCUT2D eigenvalue weighted by Gasteiger charge is 2.27. The SMILES string of the molecule is CCN(CC)C(=O)c1nc(C(=O)N2CCCCC2)n2ccccc12. The van der Waals surface area contributed by atoms with Crippen molar-refractivity contribution in [1.29, 1.82) is 0 Å². The third kappa shape index (κ3) is 2.88. The molecule has 1 aliphatic rings. The van der Waals surface area contributed by atoms with Crippen molar-refractivity contribution in [3.63, 3.8) is 0 Å². The molecule has 128 valence electrons. The highest BCUT2D eigenvalue weighted by Crippen LogP contribution is 2.18. The van der Waals surface area contributed by atoms with E-state index in [9.17, 15) is 9.59 Å². The molecule has 6 heteroatoms. The minimum Gasteiger partial charge on any atom is -0.338 e. The Bertz CT molecular complexity index is 743. The van der Waals surface area contributed by atoms with E-state index in [1.807, 2.05) is 36.9 Å². The molecule has 0 spiro atoms. The summed E-state index contributed by atoms with van der Waals surface area (Å²) in [6, 6.07) is 5.56. The summed E-state index contributed by atoms with van der Waals surface area (Å²) >= 11 is 0. The van der Waals surface area contributed by atoms with Crippen molar-refractivity contribution >= 4 is 17.3 Å². The van der Waals surface area contributed by atoms with Gasteiger partial charge in [-0.1, -0.05) is 6.07 Å². The molecule has 1 saturated heterocycles. The summed E-state index contributed by atoms with van der Waals surface area (Å²) in [5, 5.41) is 0. The summed E-state index contributed by atoms with van der Waals surface area (Å²) in [4.78, 5) is 33.7. The Kier molecular flexibility index (Phi) is 4.83. The zero-order valence-electron chi connectivity index (χ0n) is 14.4. The molecule has 2 amide bonds. The van der Waals surface area contributed by atoms with Gasteiger partial charge in [-0.2, -0.15) is 0 Å². The molecule has 0 radical (unpaired) electrons. The van der Waals surface area contributed by atoms with E-state index in [0.717, 1.165) is 32.4 Å². The van der Waals surface area contributed by atoms with Crippen LogP contribution in [0.25, 0.3) is 5.52 Å². The molecule has 3 rings (SSSR count). The Labute approximate surface area is 142 Å².